The summed E-state index contributed by atoms with van der Waals surface area (Å²) in [6.45, 7) is 2.06. The average Bonchev–Trinajstić information content (AvgIpc) is 3.12. The SMILES string of the molecule is Cc1cc(CNc2nnc(-c3ccccc3)s2)oc1C(=O)O. The summed E-state index contributed by atoms with van der Waals surface area (Å²) in [4.78, 5) is 10.9. The van der Waals surface area contributed by atoms with Crippen molar-refractivity contribution in [2.75, 3.05) is 5.32 Å². The molecule has 0 atom stereocenters. The number of rotatable bonds is 5. The third-order valence-electron chi connectivity index (χ3n) is 3.02. The fraction of sp³-hybridized carbons (Fsp3) is 0.133. The Hall–Kier alpha value is -2.67. The second-order valence-corrected chi connectivity index (χ2v) is 5.64. The first kappa shape index (κ1) is 14.3. The van der Waals surface area contributed by atoms with Crippen LogP contribution in [0.25, 0.3) is 10.6 Å². The molecular weight excluding hydrogens is 302 g/mol. The Bertz CT molecular complexity index is 795. The minimum atomic E-state index is -1.06. The van der Waals surface area contributed by atoms with Crippen LogP contribution in [0, 0.1) is 6.92 Å². The molecule has 0 spiro atoms. The number of carbonyl (C=O) groups is 1. The highest BCUT2D eigenvalue weighted by Gasteiger charge is 2.14. The molecule has 0 bridgehead atoms. The lowest BCUT2D eigenvalue weighted by molar-refractivity contribution is 0.0659. The van der Waals surface area contributed by atoms with E-state index in [9.17, 15) is 4.79 Å². The summed E-state index contributed by atoms with van der Waals surface area (Å²) < 4.78 is 5.28. The molecule has 0 aliphatic heterocycles. The van der Waals surface area contributed by atoms with Crippen LogP contribution in [0.15, 0.2) is 40.8 Å². The van der Waals surface area contributed by atoms with Gasteiger partial charge in [-0.3, -0.25) is 0 Å². The van der Waals surface area contributed by atoms with E-state index in [1.54, 1.807) is 13.0 Å². The molecule has 0 aliphatic rings. The van der Waals surface area contributed by atoms with Crippen molar-refractivity contribution in [1.82, 2.24) is 10.2 Å². The molecule has 2 N–H and O–H groups in total. The topological polar surface area (TPSA) is 88.3 Å². The summed E-state index contributed by atoms with van der Waals surface area (Å²) in [5.41, 5.74) is 1.61. The number of furan rings is 1. The van der Waals surface area contributed by atoms with Crippen molar-refractivity contribution < 1.29 is 14.3 Å². The third-order valence-corrected chi connectivity index (χ3v) is 3.95. The summed E-state index contributed by atoms with van der Waals surface area (Å²) in [5.74, 6) is -0.545. The molecule has 0 saturated heterocycles. The maximum Gasteiger partial charge on any atom is 0.372 e. The number of nitrogens with one attached hydrogen (secondary N) is 1. The first-order valence-corrected chi connectivity index (χ1v) is 7.40. The van der Waals surface area contributed by atoms with E-state index < -0.39 is 5.97 Å². The van der Waals surface area contributed by atoms with E-state index in [2.05, 4.69) is 15.5 Å². The lowest BCUT2D eigenvalue weighted by atomic mass is 10.2. The summed E-state index contributed by atoms with van der Waals surface area (Å²) in [5, 5.41) is 21.7. The van der Waals surface area contributed by atoms with Gasteiger partial charge in [0.1, 0.15) is 10.8 Å². The first-order valence-electron chi connectivity index (χ1n) is 6.59. The van der Waals surface area contributed by atoms with E-state index in [1.807, 2.05) is 30.3 Å². The van der Waals surface area contributed by atoms with E-state index in [0.717, 1.165) is 10.6 Å². The molecule has 3 aromatic rings. The molecule has 112 valence electrons. The van der Waals surface area contributed by atoms with Crippen molar-refractivity contribution in [3.05, 3.63) is 53.5 Å². The van der Waals surface area contributed by atoms with Gasteiger partial charge in [0.25, 0.3) is 0 Å². The Morgan fingerprint density at radius 2 is 2.09 bits per heavy atom. The molecule has 0 unspecified atom stereocenters. The van der Waals surface area contributed by atoms with Crippen LogP contribution >= 0.6 is 11.3 Å². The Kier molecular flexibility index (Phi) is 3.88. The Morgan fingerprint density at radius 3 is 2.77 bits per heavy atom. The van der Waals surface area contributed by atoms with Gasteiger partial charge in [-0.15, -0.1) is 10.2 Å². The zero-order valence-corrected chi connectivity index (χ0v) is 12.6. The number of carboxylic acids is 1. The van der Waals surface area contributed by atoms with Crippen LogP contribution in [-0.4, -0.2) is 21.3 Å². The number of hydrogen-bond acceptors (Lipinski definition) is 6. The molecule has 0 saturated carbocycles. The molecule has 2 aromatic heterocycles. The van der Waals surface area contributed by atoms with Gasteiger partial charge in [-0.2, -0.15) is 0 Å². The monoisotopic (exact) mass is 315 g/mol. The number of carboxylic acid groups (broad SMARTS) is 1. The van der Waals surface area contributed by atoms with Crippen molar-refractivity contribution >= 4 is 22.4 Å². The van der Waals surface area contributed by atoms with Crippen LogP contribution in [0.2, 0.25) is 0 Å². The smallest absolute Gasteiger partial charge is 0.372 e. The van der Waals surface area contributed by atoms with Crippen molar-refractivity contribution in [2.24, 2.45) is 0 Å². The molecule has 1 aromatic carbocycles. The summed E-state index contributed by atoms with van der Waals surface area (Å²) in [6, 6.07) is 11.5. The number of benzene rings is 1. The number of nitrogens with zero attached hydrogens (tertiary/aromatic N) is 2. The maximum atomic E-state index is 10.9. The Labute approximate surface area is 130 Å². The van der Waals surface area contributed by atoms with Gasteiger partial charge in [-0.25, -0.2) is 4.79 Å². The maximum absolute atomic E-state index is 10.9. The van der Waals surface area contributed by atoms with E-state index in [0.29, 0.717) is 23.0 Å². The van der Waals surface area contributed by atoms with E-state index >= 15 is 0 Å². The molecule has 6 nitrogen and oxygen atoms in total. The van der Waals surface area contributed by atoms with Gasteiger partial charge in [-0.05, 0) is 13.0 Å². The van der Waals surface area contributed by atoms with Crippen LogP contribution in [-0.2, 0) is 6.54 Å². The van der Waals surface area contributed by atoms with Crippen molar-refractivity contribution in [1.29, 1.82) is 0 Å². The van der Waals surface area contributed by atoms with Gasteiger partial charge in [0.2, 0.25) is 10.9 Å². The molecule has 0 fully saturated rings. The zero-order valence-electron chi connectivity index (χ0n) is 11.7. The third kappa shape index (κ3) is 2.99. The predicted octanol–water partition coefficient (Wildman–Crippen LogP) is 3.42. The lowest BCUT2D eigenvalue weighted by Gasteiger charge is -1.97. The summed E-state index contributed by atoms with van der Waals surface area (Å²) in [7, 11) is 0. The lowest BCUT2D eigenvalue weighted by Crippen LogP contribution is -1.98. The van der Waals surface area contributed by atoms with Gasteiger partial charge in [0.15, 0.2) is 0 Å². The minimum absolute atomic E-state index is 0.0287. The molecule has 0 amide bonds. The van der Waals surface area contributed by atoms with Crippen LogP contribution in [0.1, 0.15) is 21.9 Å². The molecule has 7 heteroatoms. The van der Waals surface area contributed by atoms with Crippen molar-refractivity contribution in [2.45, 2.75) is 13.5 Å². The fourth-order valence-electron chi connectivity index (χ4n) is 2.00. The zero-order chi connectivity index (χ0) is 15.5. The van der Waals surface area contributed by atoms with Crippen LogP contribution in [0.4, 0.5) is 5.13 Å². The highest BCUT2D eigenvalue weighted by molar-refractivity contribution is 7.18. The molecule has 0 radical (unpaired) electrons. The Balaban J connectivity index is 1.69. The average molecular weight is 315 g/mol. The van der Waals surface area contributed by atoms with E-state index in [-0.39, 0.29) is 5.76 Å². The minimum Gasteiger partial charge on any atom is -0.475 e. The highest BCUT2D eigenvalue weighted by atomic mass is 32.1. The molecule has 22 heavy (non-hydrogen) atoms. The molecule has 3 rings (SSSR count). The Morgan fingerprint density at radius 1 is 1.32 bits per heavy atom. The standard InChI is InChI=1S/C15H13N3O3S/c1-9-7-11(21-12(9)14(19)20)8-16-15-18-17-13(22-15)10-5-3-2-4-6-10/h2-7H,8H2,1H3,(H,16,18)(H,19,20). The molecule has 2 heterocycles. The van der Waals surface area contributed by atoms with Gasteiger partial charge in [0.05, 0.1) is 6.54 Å². The second kappa shape index (κ2) is 5.98. The van der Waals surface area contributed by atoms with Crippen molar-refractivity contribution in [3.63, 3.8) is 0 Å². The predicted molar refractivity (Wildman–Crippen MR) is 83.1 cm³/mol. The highest BCUT2D eigenvalue weighted by Crippen LogP contribution is 2.26. The van der Waals surface area contributed by atoms with Gasteiger partial charge in [0, 0.05) is 11.1 Å². The number of aromatic carboxylic acids is 1. The molecule has 0 aliphatic carbocycles. The normalized spacial score (nSPS) is 10.6. The van der Waals surface area contributed by atoms with Crippen LogP contribution in [0.5, 0.6) is 0 Å². The van der Waals surface area contributed by atoms with Gasteiger partial charge in [-0.1, -0.05) is 41.7 Å². The van der Waals surface area contributed by atoms with Gasteiger partial charge < -0.3 is 14.8 Å². The van der Waals surface area contributed by atoms with Crippen molar-refractivity contribution in [3.8, 4) is 10.6 Å². The quantitative estimate of drug-likeness (QED) is 0.750. The summed E-state index contributed by atoms with van der Waals surface area (Å²) in [6.07, 6.45) is 0. The number of hydrogen-bond donors (Lipinski definition) is 2. The summed E-state index contributed by atoms with van der Waals surface area (Å²) >= 11 is 1.43. The number of aromatic nitrogens is 2. The van der Waals surface area contributed by atoms with E-state index in [4.69, 9.17) is 9.52 Å². The fourth-order valence-corrected chi connectivity index (χ4v) is 2.75. The number of anilines is 1. The first-order chi connectivity index (χ1) is 10.6. The number of aryl methyl sites for hydroxylation is 1. The van der Waals surface area contributed by atoms with E-state index in [1.165, 1.54) is 11.3 Å². The second-order valence-electron chi connectivity index (χ2n) is 4.66. The largest absolute Gasteiger partial charge is 0.475 e. The molecular formula is C15H13N3O3S. The van der Waals surface area contributed by atoms with Crippen LogP contribution < -0.4 is 5.32 Å². The van der Waals surface area contributed by atoms with Gasteiger partial charge >= 0.3 is 5.97 Å². The van der Waals surface area contributed by atoms with Crippen LogP contribution in [0.3, 0.4) is 0 Å².